The molecule has 118 valence electrons. The highest BCUT2D eigenvalue weighted by Gasteiger charge is 2.15. The maximum atomic E-state index is 5.81. The molecule has 1 aliphatic heterocycles. The Labute approximate surface area is 137 Å². The number of rotatable bonds is 5. The van der Waals surface area contributed by atoms with Crippen LogP contribution in [0.4, 0.5) is 11.4 Å². The number of anilines is 2. The zero-order chi connectivity index (χ0) is 14.5. The molecule has 0 amide bonds. The van der Waals surface area contributed by atoms with E-state index in [0.29, 0.717) is 6.61 Å². The predicted molar refractivity (Wildman–Crippen MR) is 92.9 cm³/mol. The fourth-order valence-corrected chi connectivity index (χ4v) is 2.52. The molecule has 0 aliphatic carbocycles. The van der Waals surface area contributed by atoms with Crippen molar-refractivity contribution in [3.63, 3.8) is 0 Å². The Kier molecular flexibility index (Phi) is 5.78. The molecule has 2 aromatic carbocycles. The first-order valence-corrected chi connectivity index (χ1v) is 7.21. The molecular formula is C17H21ClN2O2. The molecule has 2 aromatic rings. The predicted octanol–water partition coefficient (Wildman–Crippen LogP) is 3.43. The first-order valence-electron chi connectivity index (χ1n) is 7.21. The number of para-hydroxylation sites is 2. The molecule has 0 radical (unpaired) electrons. The molecular weight excluding hydrogens is 300 g/mol. The third-order valence-corrected chi connectivity index (χ3v) is 3.63. The van der Waals surface area contributed by atoms with Crippen LogP contribution in [0.5, 0.6) is 11.5 Å². The normalized spacial score (nSPS) is 12.7. The van der Waals surface area contributed by atoms with Crippen molar-refractivity contribution in [1.82, 2.24) is 0 Å². The van der Waals surface area contributed by atoms with Gasteiger partial charge in [-0.1, -0.05) is 12.1 Å². The molecule has 5 heteroatoms. The van der Waals surface area contributed by atoms with Crippen LogP contribution in [0, 0.1) is 0 Å². The van der Waals surface area contributed by atoms with Crippen molar-refractivity contribution in [2.45, 2.75) is 0 Å². The summed E-state index contributed by atoms with van der Waals surface area (Å²) in [6.07, 6.45) is 0. The highest BCUT2D eigenvalue weighted by atomic mass is 35.5. The summed E-state index contributed by atoms with van der Waals surface area (Å²) in [5.74, 6) is 1.72. The first kappa shape index (κ1) is 16.3. The lowest BCUT2D eigenvalue weighted by Gasteiger charge is -2.31. The van der Waals surface area contributed by atoms with Crippen molar-refractivity contribution in [2.24, 2.45) is 0 Å². The van der Waals surface area contributed by atoms with Crippen LogP contribution in [0.2, 0.25) is 0 Å². The van der Waals surface area contributed by atoms with Crippen LogP contribution in [0.25, 0.3) is 0 Å². The van der Waals surface area contributed by atoms with E-state index in [1.54, 1.807) is 7.11 Å². The van der Waals surface area contributed by atoms with Gasteiger partial charge in [-0.2, -0.15) is 0 Å². The van der Waals surface area contributed by atoms with Crippen molar-refractivity contribution in [1.29, 1.82) is 0 Å². The molecule has 0 saturated heterocycles. The molecule has 0 unspecified atom stereocenters. The Bertz CT molecular complexity index is 589. The van der Waals surface area contributed by atoms with Gasteiger partial charge in [-0.3, -0.25) is 0 Å². The summed E-state index contributed by atoms with van der Waals surface area (Å²) >= 11 is 0. The lowest BCUT2D eigenvalue weighted by atomic mass is 10.2. The number of hydrogen-bond donors (Lipinski definition) is 1. The maximum absolute atomic E-state index is 5.81. The standard InChI is InChI=1S/C17H20N2O2.ClH/c1-20-14-6-8-15(9-7-14)21-13-12-19-11-10-18-16-4-2-3-5-17(16)19;/h2-9,18H,10-13H2,1H3;1H. The van der Waals surface area contributed by atoms with Gasteiger partial charge in [0, 0.05) is 13.1 Å². The second kappa shape index (κ2) is 7.80. The number of methoxy groups -OCH3 is 1. The number of nitrogens with one attached hydrogen (secondary N) is 1. The van der Waals surface area contributed by atoms with Gasteiger partial charge in [0.1, 0.15) is 18.1 Å². The monoisotopic (exact) mass is 320 g/mol. The summed E-state index contributed by atoms with van der Waals surface area (Å²) in [5.41, 5.74) is 2.45. The summed E-state index contributed by atoms with van der Waals surface area (Å²) < 4.78 is 10.9. The lowest BCUT2D eigenvalue weighted by molar-refractivity contribution is 0.323. The fraction of sp³-hybridized carbons (Fsp3) is 0.294. The number of fused-ring (bicyclic) bond motifs is 1. The van der Waals surface area contributed by atoms with Crippen LogP contribution in [0.3, 0.4) is 0 Å². The number of nitrogens with zero attached hydrogens (tertiary/aromatic N) is 1. The van der Waals surface area contributed by atoms with Gasteiger partial charge in [-0.15, -0.1) is 12.4 Å². The molecule has 1 N–H and O–H groups in total. The summed E-state index contributed by atoms with van der Waals surface area (Å²) in [6.45, 7) is 3.52. The average molecular weight is 321 g/mol. The topological polar surface area (TPSA) is 33.7 Å². The van der Waals surface area contributed by atoms with Crippen molar-refractivity contribution in [2.75, 3.05) is 43.6 Å². The van der Waals surface area contributed by atoms with Crippen LogP contribution in [-0.2, 0) is 0 Å². The highest BCUT2D eigenvalue weighted by Crippen LogP contribution is 2.28. The van der Waals surface area contributed by atoms with Gasteiger partial charge in [0.15, 0.2) is 0 Å². The minimum absolute atomic E-state index is 0. The lowest BCUT2D eigenvalue weighted by Crippen LogP contribution is -2.36. The van der Waals surface area contributed by atoms with E-state index in [-0.39, 0.29) is 12.4 Å². The van der Waals surface area contributed by atoms with E-state index in [1.807, 2.05) is 24.3 Å². The van der Waals surface area contributed by atoms with Gasteiger partial charge in [0.25, 0.3) is 0 Å². The molecule has 1 aliphatic rings. The van der Waals surface area contributed by atoms with Gasteiger partial charge in [0.05, 0.1) is 25.0 Å². The van der Waals surface area contributed by atoms with Crippen LogP contribution in [0.1, 0.15) is 0 Å². The first-order chi connectivity index (χ1) is 10.4. The maximum Gasteiger partial charge on any atom is 0.119 e. The highest BCUT2D eigenvalue weighted by molar-refractivity contribution is 5.85. The van der Waals surface area contributed by atoms with E-state index in [9.17, 15) is 0 Å². The van der Waals surface area contributed by atoms with Crippen LogP contribution >= 0.6 is 12.4 Å². The Morgan fingerprint density at radius 1 is 1.05 bits per heavy atom. The van der Waals surface area contributed by atoms with Crippen molar-refractivity contribution >= 4 is 23.8 Å². The van der Waals surface area contributed by atoms with E-state index in [1.165, 1.54) is 11.4 Å². The molecule has 0 fully saturated rings. The van der Waals surface area contributed by atoms with Gasteiger partial charge >= 0.3 is 0 Å². The fourth-order valence-electron chi connectivity index (χ4n) is 2.52. The van der Waals surface area contributed by atoms with Crippen molar-refractivity contribution in [3.8, 4) is 11.5 Å². The van der Waals surface area contributed by atoms with E-state index < -0.39 is 0 Å². The van der Waals surface area contributed by atoms with E-state index in [0.717, 1.165) is 31.1 Å². The number of ether oxygens (including phenoxy) is 2. The molecule has 3 rings (SSSR count). The molecule has 4 nitrogen and oxygen atoms in total. The summed E-state index contributed by atoms with van der Waals surface area (Å²) in [7, 11) is 1.66. The van der Waals surface area contributed by atoms with Crippen molar-refractivity contribution < 1.29 is 9.47 Å². The molecule has 0 spiro atoms. The third kappa shape index (κ3) is 3.77. The van der Waals surface area contributed by atoms with E-state index >= 15 is 0 Å². The number of benzene rings is 2. The third-order valence-electron chi connectivity index (χ3n) is 3.63. The summed E-state index contributed by atoms with van der Waals surface area (Å²) in [4.78, 5) is 2.36. The van der Waals surface area contributed by atoms with Crippen LogP contribution < -0.4 is 19.7 Å². The molecule has 0 aromatic heterocycles. The minimum atomic E-state index is 0. The summed E-state index contributed by atoms with van der Waals surface area (Å²) in [6, 6.07) is 16.1. The molecule has 0 saturated carbocycles. The zero-order valence-electron chi connectivity index (χ0n) is 12.6. The zero-order valence-corrected chi connectivity index (χ0v) is 13.4. The molecule has 0 bridgehead atoms. The SMILES string of the molecule is COc1ccc(OCCN2CCNc3ccccc32)cc1.Cl. The van der Waals surface area contributed by atoms with E-state index in [4.69, 9.17) is 9.47 Å². The number of hydrogen-bond acceptors (Lipinski definition) is 4. The van der Waals surface area contributed by atoms with Gasteiger partial charge in [-0.05, 0) is 36.4 Å². The van der Waals surface area contributed by atoms with Crippen LogP contribution in [-0.4, -0.2) is 33.4 Å². The quantitative estimate of drug-likeness (QED) is 0.915. The van der Waals surface area contributed by atoms with E-state index in [2.05, 4.69) is 34.5 Å². The Morgan fingerprint density at radius 2 is 1.77 bits per heavy atom. The van der Waals surface area contributed by atoms with Gasteiger partial charge in [0.2, 0.25) is 0 Å². The average Bonchev–Trinajstić information content (AvgIpc) is 2.56. The van der Waals surface area contributed by atoms with Crippen LogP contribution in [0.15, 0.2) is 48.5 Å². The van der Waals surface area contributed by atoms with Gasteiger partial charge < -0.3 is 19.7 Å². The summed E-state index contributed by atoms with van der Waals surface area (Å²) in [5, 5.41) is 3.42. The second-order valence-corrected chi connectivity index (χ2v) is 4.95. The number of halogens is 1. The Morgan fingerprint density at radius 3 is 2.55 bits per heavy atom. The van der Waals surface area contributed by atoms with Gasteiger partial charge in [-0.25, -0.2) is 0 Å². The second-order valence-electron chi connectivity index (χ2n) is 4.95. The Hall–Kier alpha value is -2.07. The largest absolute Gasteiger partial charge is 0.497 e. The molecule has 1 heterocycles. The smallest absolute Gasteiger partial charge is 0.119 e. The molecule has 22 heavy (non-hydrogen) atoms. The Balaban J connectivity index is 0.00000176. The van der Waals surface area contributed by atoms with Crippen molar-refractivity contribution in [3.05, 3.63) is 48.5 Å². The minimum Gasteiger partial charge on any atom is -0.497 e. The molecule has 0 atom stereocenters.